The maximum atomic E-state index is 12.7. The molecule has 1 aliphatic rings. The first-order valence-corrected chi connectivity index (χ1v) is 8.73. The van der Waals surface area contributed by atoms with Crippen LogP contribution in [0, 0.1) is 0 Å². The number of imide groups is 1. The van der Waals surface area contributed by atoms with Crippen molar-refractivity contribution in [3.05, 3.63) is 47.1 Å². The van der Waals surface area contributed by atoms with E-state index in [1.54, 1.807) is 12.1 Å². The SMILES string of the molecule is COc1ccc(N2C(=O)C[C@@H](Sc3ncccc3C(=O)O)C2=O)cc1Cl. The highest BCUT2D eigenvalue weighted by atomic mass is 35.5. The van der Waals surface area contributed by atoms with Crippen molar-refractivity contribution in [3.8, 4) is 5.75 Å². The maximum absolute atomic E-state index is 12.7. The molecule has 1 aliphatic heterocycles. The lowest BCUT2D eigenvalue weighted by atomic mass is 10.3. The summed E-state index contributed by atoms with van der Waals surface area (Å²) in [5, 5.41) is 8.94. The van der Waals surface area contributed by atoms with Crippen LogP contribution in [0.2, 0.25) is 5.02 Å². The van der Waals surface area contributed by atoms with E-state index < -0.39 is 17.1 Å². The Bertz CT molecular complexity index is 904. The van der Waals surface area contributed by atoms with Crippen molar-refractivity contribution >= 4 is 46.8 Å². The third-order valence-electron chi connectivity index (χ3n) is 3.75. The van der Waals surface area contributed by atoms with Crippen molar-refractivity contribution in [3.63, 3.8) is 0 Å². The van der Waals surface area contributed by atoms with Gasteiger partial charge in [-0.05, 0) is 30.3 Å². The van der Waals surface area contributed by atoms with E-state index in [0.29, 0.717) is 11.4 Å². The van der Waals surface area contributed by atoms with Crippen LogP contribution in [0.3, 0.4) is 0 Å². The van der Waals surface area contributed by atoms with Crippen LogP contribution in [0.4, 0.5) is 5.69 Å². The number of amides is 2. The molecule has 1 aromatic heterocycles. The summed E-state index contributed by atoms with van der Waals surface area (Å²) >= 11 is 7.04. The van der Waals surface area contributed by atoms with E-state index in [4.69, 9.17) is 16.3 Å². The lowest BCUT2D eigenvalue weighted by Crippen LogP contribution is -2.31. The van der Waals surface area contributed by atoms with Crippen LogP contribution in [0.1, 0.15) is 16.8 Å². The first-order chi connectivity index (χ1) is 12.4. The van der Waals surface area contributed by atoms with Gasteiger partial charge in [0.1, 0.15) is 10.8 Å². The molecule has 0 radical (unpaired) electrons. The van der Waals surface area contributed by atoms with Crippen molar-refractivity contribution in [2.75, 3.05) is 12.0 Å². The average molecular weight is 393 g/mol. The Morgan fingerprint density at radius 3 is 2.81 bits per heavy atom. The summed E-state index contributed by atoms with van der Waals surface area (Å²) in [4.78, 5) is 41.4. The van der Waals surface area contributed by atoms with Gasteiger partial charge < -0.3 is 9.84 Å². The first kappa shape index (κ1) is 18.2. The number of aromatic nitrogens is 1. The topological polar surface area (TPSA) is 96.8 Å². The summed E-state index contributed by atoms with van der Waals surface area (Å²) in [6, 6.07) is 7.52. The average Bonchev–Trinajstić information content (AvgIpc) is 2.88. The van der Waals surface area contributed by atoms with E-state index in [9.17, 15) is 19.5 Å². The van der Waals surface area contributed by atoms with Crippen LogP contribution in [-0.2, 0) is 9.59 Å². The molecule has 1 saturated heterocycles. The van der Waals surface area contributed by atoms with Crippen molar-refractivity contribution in [1.82, 2.24) is 4.98 Å². The van der Waals surface area contributed by atoms with Crippen LogP contribution >= 0.6 is 23.4 Å². The highest BCUT2D eigenvalue weighted by Crippen LogP contribution is 2.36. The lowest BCUT2D eigenvalue weighted by molar-refractivity contribution is -0.121. The van der Waals surface area contributed by atoms with E-state index >= 15 is 0 Å². The van der Waals surface area contributed by atoms with Gasteiger partial charge in [0.05, 0.1) is 28.6 Å². The zero-order chi connectivity index (χ0) is 18.8. The number of carboxylic acids is 1. The Kier molecular flexibility index (Phi) is 5.15. The maximum Gasteiger partial charge on any atom is 0.338 e. The molecule has 3 rings (SSSR count). The quantitative estimate of drug-likeness (QED) is 0.781. The minimum atomic E-state index is -1.14. The van der Waals surface area contributed by atoms with Crippen LogP contribution in [0.5, 0.6) is 5.75 Å². The number of pyridine rings is 1. The number of ether oxygens (including phenoxy) is 1. The minimum absolute atomic E-state index is 0.0105. The predicted molar refractivity (Wildman–Crippen MR) is 96.0 cm³/mol. The summed E-state index contributed by atoms with van der Waals surface area (Å²) in [6.07, 6.45) is 1.39. The number of anilines is 1. The Morgan fingerprint density at radius 2 is 2.15 bits per heavy atom. The number of benzene rings is 1. The van der Waals surface area contributed by atoms with E-state index in [1.165, 1.54) is 31.5 Å². The number of thioether (sulfide) groups is 1. The van der Waals surface area contributed by atoms with E-state index in [0.717, 1.165) is 16.7 Å². The highest BCUT2D eigenvalue weighted by Gasteiger charge is 2.41. The molecule has 7 nitrogen and oxygen atoms in total. The second-order valence-electron chi connectivity index (χ2n) is 5.36. The molecule has 0 unspecified atom stereocenters. The van der Waals surface area contributed by atoms with Crippen molar-refractivity contribution < 1.29 is 24.2 Å². The van der Waals surface area contributed by atoms with Gasteiger partial charge in [0.2, 0.25) is 11.8 Å². The van der Waals surface area contributed by atoms with Crippen molar-refractivity contribution in [1.29, 1.82) is 0 Å². The first-order valence-electron chi connectivity index (χ1n) is 7.47. The van der Waals surface area contributed by atoms with E-state index in [-0.39, 0.29) is 27.9 Å². The third-order valence-corrected chi connectivity index (χ3v) is 5.25. The molecule has 9 heteroatoms. The highest BCUT2D eigenvalue weighted by molar-refractivity contribution is 8.00. The molecule has 1 aromatic carbocycles. The molecule has 0 spiro atoms. The van der Waals surface area contributed by atoms with Gasteiger partial charge in [0, 0.05) is 12.6 Å². The molecule has 1 N–H and O–H groups in total. The van der Waals surface area contributed by atoms with Gasteiger partial charge in [-0.1, -0.05) is 23.4 Å². The summed E-state index contributed by atoms with van der Waals surface area (Å²) in [5.74, 6) is -1.54. The summed E-state index contributed by atoms with van der Waals surface area (Å²) in [5.41, 5.74) is 0.331. The number of methoxy groups -OCH3 is 1. The summed E-state index contributed by atoms with van der Waals surface area (Å²) in [6.45, 7) is 0. The second kappa shape index (κ2) is 7.35. The summed E-state index contributed by atoms with van der Waals surface area (Å²) < 4.78 is 5.06. The van der Waals surface area contributed by atoms with Crippen LogP contribution in [-0.4, -0.2) is 40.2 Å². The third kappa shape index (κ3) is 3.38. The van der Waals surface area contributed by atoms with E-state index in [2.05, 4.69) is 4.98 Å². The Hall–Kier alpha value is -2.58. The smallest absolute Gasteiger partial charge is 0.338 e. The number of hydrogen-bond donors (Lipinski definition) is 1. The van der Waals surface area contributed by atoms with Crippen LogP contribution in [0.15, 0.2) is 41.6 Å². The minimum Gasteiger partial charge on any atom is -0.495 e. The Morgan fingerprint density at radius 1 is 1.38 bits per heavy atom. The fraction of sp³-hybridized carbons (Fsp3) is 0.176. The lowest BCUT2D eigenvalue weighted by Gasteiger charge is -2.16. The predicted octanol–water partition coefficient (Wildman–Crippen LogP) is 2.87. The number of rotatable bonds is 5. The van der Waals surface area contributed by atoms with Gasteiger partial charge in [-0.2, -0.15) is 0 Å². The summed E-state index contributed by atoms with van der Waals surface area (Å²) in [7, 11) is 1.46. The van der Waals surface area contributed by atoms with Crippen molar-refractivity contribution in [2.45, 2.75) is 16.7 Å². The van der Waals surface area contributed by atoms with Gasteiger partial charge in [-0.15, -0.1) is 0 Å². The van der Waals surface area contributed by atoms with E-state index in [1.807, 2.05) is 0 Å². The van der Waals surface area contributed by atoms with Crippen LogP contribution < -0.4 is 9.64 Å². The number of carbonyl (C=O) groups excluding carboxylic acids is 2. The van der Waals surface area contributed by atoms with Gasteiger partial charge in [0.15, 0.2) is 0 Å². The van der Waals surface area contributed by atoms with Gasteiger partial charge in [0.25, 0.3) is 0 Å². The van der Waals surface area contributed by atoms with Crippen molar-refractivity contribution in [2.24, 2.45) is 0 Å². The molecule has 2 aromatic rings. The van der Waals surface area contributed by atoms with Gasteiger partial charge in [-0.3, -0.25) is 9.59 Å². The molecule has 1 atom stereocenters. The number of hydrogen-bond acceptors (Lipinski definition) is 6. The number of aromatic carboxylic acids is 1. The monoisotopic (exact) mass is 392 g/mol. The zero-order valence-corrected chi connectivity index (χ0v) is 15.1. The number of carbonyl (C=O) groups is 3. The normalized spacial score (nSPS) is 16.8. The molecule has 1 fully saturated rings. The Balaban J connectivity index is 1.86. The molecule has 134 valence electrons. The molecular weight excluding hydrogens is 380 g/mol. The largest absolute Gasteiger partial charge is 0.495 e. The fourth-order valence-electron chi connectivity index (χ4n) is 2.54. The molecule has 0 saturated carbocycles. The number of halogens is 1. The van der Waals surface area contributed by atoms with Gasteiger partial charge >= 0.3 is 5.97 Å². The second-order valence-corrected chi connectivity index (χ2v) is 6.96. The van der Waals surface area contributed by atoms with Gasteiger partial charge in [-0.25, -0.2) is 14.7 Å². The Labute approximate surface area is 157 Å². The molecular formula is C17H13ClN2O5S. The molecule has 2 amide bonds. The van der Waals surface area contributed by atoms with Crippen LogP contribution in [0.25, 0.3) is 0 Å². The standard InChI is InChI=1S/C17H13ClN2O5S/c1-25-12-5-4-9(7-11(12)18)20-14(21)8-13(16(20)22)26-15-10(17(23)24)3-2-6-19-15/h2-7,13H,8H2,1H3,(H,23,24)/t13-/m1/s1. The molecule has 0 aliphatic carbocycles. The zero-order valence-electron chi connectivity index (χ0n) is 13.5. The number of carboxylic acid groups (broad SMARTS) is 1. The molecule has 0 bridgehead atoms. The number of nitrogens with zero attached hydrogens (tertiary/aromatic N) is 2. The molecule has 26 heavy (non-hydrogen) atoms. The fourth-order valence-corrected chi connectivity index (χ4v) is 3.90. The molecule has 2 heterocycles.